The molecule has 0 nitrogen and oxygen atoms in total. The summed E-state index contributed by atoms with van der Waals surface area (Å²) in [4.78, 5) is 0. The highest BCUT2D eigenvalue weighted by Crippen LogP contribution is 2.54. The minimum Gasteiger partial charge on any atom is -0.0837 e. The van der Waals surface area contributed by atoms with Gasteiger partial charge in [-0.25, -0.2) is 0 Å². The summed E-state index contributed by atoms with van der Waals surface area (Å²) >= 11 is 0. The molecule has 0 heteroatoms. The maximum atomic E-state index is 2.39. The second kappa shape index (κ2) is 1.42. The minimum atomic E-state index is 0.624. The average Bonchev–Trinajstić information content (AvgIpc) is 1.93. The fourth-order valence-electron chi connectivity index (χ4n) is 2.34. The van der Waals surface area contributed by atoms with Crippen LogP contribution in [0.1, 0.15) is 26.7 Å². The van der Waals surface area contributed by atoms with Gasteiger partial charge in [-0.05, 0) is 30.1 Å². The second-order valence-electron chi connectivity index (χ2n) is 3.91. The summed E-state index contributed by atoms with van der Waals surface area (Å²) in [6, 6.07) is 0. The van der Waals surface area contributed by atoms with Crippen LogP contribution >= 0.6 is 0 Å². The van der Waals surface area contributed by atoms with E-state index in [1.807, 2.05) is 0 Å². The molecule has 1 fully saturated rings. The van der Waals surface area contributed by atoms with E-state index in [-0.39, 0.29) is 0 Å². The fourth-order valence-corrected chi connectivity index (χ4v) is 2.34. The highest BCUT2D eigenvalue weighted by molar-refractivity contribution is 5.21. The van der Waals surface area contributed by atoms with Crippen LogP contribution in [0.4, 0.5) is 0 Å². The number of allylic oxidation sites excluding steroid dienone is 2. The Hall–Kier alpha value is -0.260. The number of hydrogen-bond donors (Lipinski definition) is 0. The van der Waals surface area contributed by atoms with Gasteiger partial charge >= 0.3 is 0 Å². The van der Waals surface area contributed by atoms with Crippen molar-refractivity contribution in [1.82, 2.24) is 0 Å². The molecule has 2 aliphatic carbocycles. The van der Waals surface area contributed by atoms with E-state index in [1.54, 1.807) is 0 Å². The number of hydrogen-bond acceptors (Lipinski definition) is 0. The lowest BCUT2D eigenvalue weighted by atomic mass is 9.69. The van der Waals surface area contributed by atoms with Gasteiger partial charge in [0.1, 0.15) is 0 Å². The zero-order valence-corrected chi connectivity index (χ0v) is 6.22. The molecule has 50 valence electrons. The summed E-state index contributed by atoms with van der Waals surface area (Å²) in [7, 11) is 0. The summed E-state index contributed by atoms with van der Waals surface area (Å²) in [6.45, 7) is 4.76. The van der Waals surface area contributed by atoms with Crippen molar-refractivity contribution in [2.45, 2.75) is 26.7 Å². The molecule has 0 aromatic rings. The molecular formula is C9H14. The highest BCUT2D eigenvalue weighted by atomic mass is 14.5. The SMILES string of the molecule is C[C@@H]1CC[C@@]2(C)C=C[C@H]12. The molecule has 9 heavy (non-hydrogen) atoms. The summed E-state index contributed by atoms with van der Waals surface area (Å²) in [5.74, 6) is 1.89. The Kier molecular flexibility index (Phi) is 0.870. The van der Waals surface area contributed by atoms with Crippen LogP contribution in [-0.2, 0) is 0 Å². The van der Waals surface area contributed by atoms with E-state index in [0.29, 0.717) is 5.41 Å². The predicted molar refractivity (Wildman–Crippen MR) is 39.1 cm³/mol. The molecule has 0 unspecified atom stereocenters. The van der Waals surface area contributed by atoms with Gasteiger partial charge in [-0.15, -0.1) is 0 Å². The quantitative estimate of drug-likeness (QED) is 0.433. The third-order valence-electron chi connectivity index (χ3n) is 3.20. The van der Waals surface area contributed by atoms with Crippen LogP contribution in [0.15, 0.2) is 12.2 Å². The standard InChI is InChI=1S/C9H14/c1-7-3-5-9(2)6-4-8(7)9/h4,6-8H,3,5H2,1-2H3/t7-,8-,9+/m1/s1. The third-order valence-corrected chi connectivity index (χ3v) is 3.20. The van der Waals surface area contributed by atoms with Crippen molar-refractivity contribution in [1.29, 1.82) is 0 Å². The first kappa shape index (κ1) is 5.52. The third kappa shape index (κ3) is 0.540. The van der Waals surface area contributed by atoms with E-state index in [2.05, 4.69) is 26.0 Å². The molecule has 0 aromatic heterocycles. The van der Waals surface area contributed by atoms with Gasteiger partial charge in [-0.1, -0.05) is 26.0 Å². The van der Waals surface area contributed by atoms with Crippen LogP contribution in [-0.4, -0.2) is 0 Å². The number of fused-ring (bicyclic) bond motifs is 1. The summed E-state index contributed by atoms with van der Waals surface area (Å²) < 4.78 is 0. The Morgan fingerprint density at radius 1 is 1.56 bits per heavy atom. The summed E-state index contributed by atoms with van der Waals surface area (Å²) in [5, 5.41) is 0. The molecule has 0 N–H and O–H groups in total. The van der Waals surface area contributed by atoms with Crippen LogP contribution in [0.5, 0.6) is 0 Å². The van der Waals surface area contributed by atoms with Crippen molar-refractivity contribution in [3.05, 3.63) is 12.2 Å². The van der Waals surface area contributed by atoms with E-state index in [9.17, 15) is 0 Å². The molecule has 2 rings (SSSR count). The van der Waals surface area contributed by atoms with Crippen molar-refractivity contribution in [2.24, 2.45) is 17.3 Å². The highest BCUT2D eigenvalue weighted by Gasteiger charge is 2.44. The smallest absolute Gasteiger partial charge is 0.00810 e. The van der Waals surface area contributed by atoms with Gasteiger partial charge in [0, 0.05) is 0 Å². The van der Waals surface area contributed by atoms with Gasteiger partial charge in [0.25, 0.3) is 0 Å². The molecule has 2 aliphatic rings. The number of rotatable bonds is 0. The first-order valence-corrected chi connectivity index (χ1v) is 3.92. The maximum absolute atomic E-state index is 2.39. The molecule has 0 aliphatic heterocycles. The van der Waals surface area contributed by atoms with Crippen molar-refractivity contribution < 1.29 is 0 Å². The van der Waals surface area contributed by atoms with E-state index in [1.165, 1.54) is 12.8 Å². The Balaban J connectivity index is 2.25. The lowest BCUT2D eigenvalue weighted by Gasteiger charge is -2.36. The predicted octanol–water partition coefficient (Wildman–Crippen LogP) is 2.61. The van der Waals surface area contributed by atoms with Gasteiger partial charge in [0.15, 0.2) is 0 Å². The van der Waals surface area contributed by atoms with Crippen LogP contribution in [0, 0.1) is 17.3 Å². The minimum absolute atomic E-state index is 0.624. The fraction of sp³-hybridized carbons (Fsp3) is 0.778. The van der Waals surface area contributed by atoms with Crippen molar-refractivity contribution in [3.8, 4) is 0 Å². The molecule has 0 bridgehead atoms. The van der Waals surface area contributed by atoms with E-state index in [0.717, 1.165) is 11.8 Å². The first-order valence-electron chi connectivity index (χ1n) is 3.92. The Morgan fingerprint density at radius 3 is 2.56 bits per heavy atom. The maximum Gasteiger partial charge on any atom is -0.00810 e. The van der Waals surface area contributed by atoms with Crippen LogP contribution in [0.2, 0.25) is 0 Å². The van der Waals surface area contributed by atoms with Gasteiger partial charge in [0.05, 0.1) is 0 Å². The molecular weight excluding hydrogens is 108 g/mol. The summed E-state index contributed by atoms with van der Waals surface area (Å²) in [6.07, 6.45) is 7.64. The Bertz CT molecular complexity index is 157. The van der Waals surface area contributed by atoms with Crippen molar-refractivity contribution in [2.75, 3.05) is 0 Å². The molecule has 3 atom stereocenters. The van der Waals surface area contributed by atoms with E-state index >= 15 is 0 Å². The van der Waals surface area contributed by atoms with Crippen molar-refractivity contribution >= 4 is 0 Å². The zero-order chi connectivity index (χ0) is 6.48. The van der Waals surface area contributed by atoms with E-state index < -0.39 is 0 Å². The Labute approximate surface area is 57.0 Å². The molecule has 0 amide bonds. The van der Waals surface area contributed by atoms with Gasteiger partial charge in [0.2, 0.25) is 0 Å². The van der Waals surface area contributed by atoms with Crippen LogP contribution in [0.25, 0.3) is 0 Å². The lowest BCUT2D eigenvalue weighted by Crippen LogP contribution is -2.27. The molecule has 0 spiro atoms. The van der Waals surface area contributed by atoms with Crippen LogP contribution in [0.3, 0.4) is 0 Å². The molecule has 0 radical (unpaired) electrons. The molecule has 0 aromatic carbocycles. The first-order chi connectivity index (χ1) is 4.22. The topological polar surface area (TPSA) is 0 Å². The van der Waals surface area contributed by atoms with Gasteiger partial charge in [-0.3, -0.25) is 0 Å². The molecule has 0 heterocycles. The average molecular weight is 122 g/mol. The largest absolute Gasteiger partial charge is 0.0837 e. The lowest BCUT2D eigenvalue weighted by molar-refractivity contribution is 0.282. The van der Waals surface area contributed by atoms with Gasteiger partial charge < -0.3 is 0 Å². The normalized spacial score (nSPS) is 54.9. The molecule has 0 saturated heterocycles. The van der Waals surface area contributed by atoms with Crippen molar-refractivity contribution in [3.63, 3.8) is 0 Å². The summed E-state index contributed by atoms with van der Waals surface area (Å²) in [5.41, 5.74) is 0.624. The van der Waals surface area contributed by atoms with E-state index in [4.69, 9.17) is 0 Å². The van der Waals surface area contributed by atoms with Crippen LogP contribution < -0.4 is 0 Å². The second-order valence-corrected chi connectivity index (χ2v) is 3.91. The van der Waals surface area contributed by atoms with Gasteiger partial charge in [-0.2, -0.15) is 0 Å². The molecule has 1 saturated carbocycles. The monoisotopic (exact) mass is 122 g/mol. The Morgan fingerprint density at radius 2 is 2.33 bits per heavy atom. The zero-order valence-electron chi connectivity index (χ0n) is 6.22.